The SMILES string of the molecule is O=C(/C=C/c1ccc(O)c(O)c1)OC[C@H]1O[C@@H](Oc2cc3c(O)cc(O)cc3[o+]c2-c2cc(O)c(O)c(O)c2)[C@H](O)[C@@H](O)[C@@H]1O. The molecule has 0 amide bonds. The number of carbonyl (C=O) groups is 1. The summed E-state index contributed by atoms with van der Waals surface area (Å²) in [6.45, 7) is -0.621. The number of phenols is 7. The van der Waals surface area contributed by atoms with Gasteiger partial charge in [0, 0.05) is 30.3 Å². The smallest absolute Gasteiger partial charge is 0.402 e. The first-order valence-corrected chi connectivity index (χ1v) is 13.1. The Hall–Kier alpha value is -5.48. The molecule has 4 aromatic rings. The first-order chi connectivity index (χ1) is 21.3. The highest BCUT2D eigenvalue weighted by atomic mass is 16.7. The van der Waals surface area contributed by atoms with Crippen LogP contribution in [0, 0.1) is 0 Å². The van der Waals surface area contributed by atoms with Crippen LogP contribution in [0.25, 0.3) is 28.4 Å². The number of aliphatic hydroxyl groups is 3. The van der Waals surface area contributed by atoms with Gasteiger partial charge in [-0.25, -0.2) is 9.21 Å². The maximum Gasteiger partial charge on any atom is 0.402 e. The summed E-state index contributed by atoms with van der Waals surface area (Å²) >= 11 is 0. The number of hydrogen-bond donors (Lipinski definition) is 10. The van der Waals surface area contributed by atoms with E-state index in [9.17, 15) is 55.9 Å². The molecule has 1 saturated heterocycles. The van der Waals surface area contributed by atoms with Gasteiger partial charge in [-0.3, -0.25) is 0 Å². The molecule has 5 atom stereocenters. The van der Waals surface area contributed by atoms with Crippen LogP contribution < -0.4 is 4.74 Å². The van der Waals surface area contributed by atoms with E-state index in [1.54, 1.807) is 0 Å². The van der Waals surface area contributed by atoms with Crippen molar-refractivity contribution in [3.63, 3.8) is 0 Å². The topological polar surface area (TPSA) is 258 Å². The number of benzene rings is 3. The van der Waals surface area contributed by atoms with Crippen molar-refractivity contribution in [2.45, 2.75) is 30.7 Å². The lowest BCUT2D eigenvalue weighted by Crippen LogP contribution is -2.60. The van der Waals surface area contributed by atoms with Crippen LogP contribution in [0.1, 0.15) is 5.56 Å². The van der Waals surface area contributed by atoms with E-state index in [2.05, 4.69) is 0 Å². The Morgan fingerprint density at radius 3 is 2.20 bits per heavy atom. The molecule has 236 valence electrons. The number of ether oxygens (including phenoxy) is 3. The Bertz CT molecular complexity index is 1760. The van der Waals surface area contributed by atoms with Crippen LogP contribution in [-0.4, -0.2) is 94.3 Å². The van der Waals surface area contributed by atoms with Crippen LogP contribution in [-0.2, 0) is 14.3 Å². The zero-order valence-corrected chi connectivity index (χ0v) is 22.9. The van der Waals surface area contributed by atoms with E-state index in [-0.39, 0.29) is 39.5 Å². The Balaban J connectivity index is 1.41. The van der Waals surface area contributed by atoms with Crippen LogP contribution in [0.4, 0.5) is 0 Å². The fourth-order valence-electron chi connectivity index (χ4n) is 4.51. The van der Waals surface area contributed by atoms with Crippen LogP contribution in [0.2, 0.25) is 0 Å². The molecule has 1 fully saturated rings. The minimum absolute atomic E-state index is 0.00358. The molecule has 1 aliphatic rings. The molecule has 15 heteroatoms. The van der Waals surface area contributed by atoms with E-state index in [1.807, 2.05) is 0 Å². The van der Waals surface area contributed by atoms with Crippen molar-refractivity contribution in [3.05, 3.63) is 60.2 Å². The molecule has 5 rings (SSSR count). The minimum atomic E-state index is -1.88. The van der Waals surface area contributed by atoms with E-state index in [4.69, 9.17) is 18.6 Å². The predicted octanol–water partition coefficient (Wildman–Crippen LogP) is 1.76. The van der Waals surface area contributed by atoms with Gasteiger partial charge in [0.15, 0.2) is 28.7 Å². The van der Waals surface area contributed by atoms with Gasteiger partial charge in [0.25, 0.3) is 0 Å². The molecule has 0 bridgehead atoms. The number of aliphatic hydroxyl groups excluding tert-OH is 3. The number of carbonyl (C=O) groups excluding carboxylic acids is 1. The fraction of sp³-hybridized carbons (Fsp3) is 0.200. The molecule has 0 unspecified atom stereocenters. The number of aromatic hydroxyl groups is 7. The van der Waals surface area contributed by atoms with Crippen molar-refractivity contribution in [1.29, 1.82) is 0 Å². The highest BCUT2D eigenvalue weighted by Gasteiger charge is 2.46. The van der Waals surface area contributed by atoms with Crippen molar-refractivity contribution in [2.24, 2.45) is 0 Å². The molecule has 3 aromatic carbocycles. The lowest BCUT2D eigenvalue weighted by Gasteiger charge is -2.39. The fourth-order valence-corrected chi connectivity index (χ4v) is 4.51. The number of rotatable bonds is 7. The van der Waals surface area contributed by atoms with E-state index >= 15 is 0 Å². The Morgan fingerprint density at radius 1 is 0.800 bits per heavy atom. The normalized spacial score (nSPS) is 21.6. The second kappa shape index (κ2) is 12.3. The Kier molecular flexibility index (Phi) is 8.43. The Labute approximate surface area is 252 Å². The average molecular weight is 628 g/mol. The molecule has 0 saturated carbocycles. The van der Waals surface area contributed by atoms with E-state index in [1.165, 1.54) is 30.3 Å². The second-order valence-electron chi connectivity index (χ2n) is 10.0. The van der Waals surface area contributed by atoms with Gasteiger partial charge in [-0.15, -0.1) is 0 Å². The molecule has 10 N–H and O–H groups in total. The predicted molar refractivity (Wildman–Crippen MR) is 151 cm³/mol. The summed E-state index contributed by atoms with van der Waals surface area (Å²) in [5.74, 6) is -5.33. The highest BCUT2D eigenvalue weighted by Crippen LogP contribution is 2.45. The van der Waals surface area contributed by atoms with Gasteiger partial charge in [-0.2, -0.15) is 0 Å². The van der Waals surface area contributed by atoms with Crippen LogP contribution in [0.3, 0.4) is 0 Å². The van der Waals surface area contributed by atoms with Gasteiger partial charge in [-0.1, -0.05) is 6.07 Å². The standard InChI is InChI=1S/C30H26O15/c31-14-8-17(33)15-10-22(29(43-21(15)9-14)13-6-19(35)25(38)20(36)7-13)44-30-28(41)27(40)26(39)23(45-30)11-42-24(37)4-2-12-1-3-16(32)18(34)5-12/h1-10,23,26-28,30,39-41H,11H2,(H6-,31,32,33,34,35,36,37,38)/p+1/t23-,26-,27+,28-,30-/m1/s1. The minimum Gasteiger partial charge on any atom is -0.507 e. The van der Waals surface area contributed by atoms with Crippen molar-refractivity contribution < 1.29 is 74.5 Å². The summed E-state index contributed by atoms with van der Waals surface area (Å²) in [7, 11) is 0. The molecule has 15 nitrogen and oxygen atoms in total. The Morgan fingerprint density at radius 2 is 1.51 bits per heavy atom. The summed E-state index contributed by atoms with van der Waals surface area (Å²) < 4.78 is 22.3. The number of esters is 1. The van der Waals surface area contributed by atoms with Crippen molar-refractivity contribution in [1.82, 2.24) is 0 Å². The van der Waals surface area contributed by atoms with E-state index < -0.39 is 72.0 Å². The molecule has 2 heterocycles. The zero-order chi connectivity index (χ0) is 32.6. The maximum atomic E-state index is 12.3. The third-order valence-corrected chi connectivity index (χ3v) is 6.86. The molecule has 0 radical (unpaired) electrons. The van der Waals surface area contributed by atoms with Gasteiger partial charge in [0.05, 0.1) is 11.6 Å². The molecule has 1 aromatic heterocycles. The number of hydrogen-bond acceptors (Lipinski definition) is 14. The highest BCUT2D eigenvalue weighted by molar-refractivity contribution is 5.89. The molecule has 0 aliphatic carbocycles. The largest absolute Gasteiger partial charge is 0.507 e. The summed E-state index contributed by atoms with van der Waals surface area (Å²) in [5.41, 5.74) is 0.201. The quantitative estimate of drug-likeness (QED) is 0.0606. The second-order valence-corrected chi connectivity index (χ2v) is 10.0. The third kappa shape index (κ3) is 6.41. The zero-order valence-electron chi connectivity index (χ0n) is 22.9. The first-order valence-electron chi connectivity index (χ1n) is 13.1. The lowest BCUT2D eigenvalue weighted by atomic mass is 9.99. The molecular formula is C30H27O15+. The summed E-state index contributed by atoms with van der Waals surface area (Å²) in [6.07, 6.45) is -6.41. The molecule has 1 aliphatic heterocycles. The van der Waals surface area contributed by atoms with Gasteiger partial charge in [0.2, 0.25) is 12.0 Å². The maximum absolute atomic E-state index is 12.3. The average Bonchev–Trinajstić information content (AvgIpc) is 2.99. The number of phenolic OH excluding ortho intramolecular Hbond substituents is 7. The van der Waals surface area contributed by atoms with Gasteiger partial charge >= 0.3 is 17.3 Å². The molecule has 45 heavy (non-hydrogen) atoms. The number of fused-ring (bicyclic) bond motifs is 1. The summed E-state index contributed by atoms with van der Waals surface area (Å²) in [6, 6.07) is 9.20. The monoisotopic (exact) mass is 627 g/mol. The molecule has 0 spiro atoms. The first kappa shape index (κ1) is 31.0. The van der Waals surface area contributed by atoms with Crippen molar-refractivity contribution in [3.8, 4) is 57.3 Å². The third-order valence-electron chi connectivity index (χ3n) is 6.86. The van der Waals surface area contributed by atoms with Gasteiger partial charge in [0.1, 0.15) is 47.9 Å². The van der Waals surface area contributed by atoms with E-state index in [0.29, 0.717) is 5.56 Å². The van der Waals surface area contributed by atoms with Crippen LogP contribution in [0.5, 0.6) is 46.0 Å². The van der Waals surface area contributed by atoms with Crippen molar-refractivity contribution >= 4 is 23.0 Å². The van der Waals surface area contributed by atoms with Crippen LogP contribution >= 0.6 is 0 Å². The van der Waals surface area contributed by atoms with E-state index in [0.717, 1.165) is 30.3 Å². The summed E-state index contributed by atoms with van der Waals surface area (Å²) in [4.78, 5) is 12.3. The summed E-state index contributed by atoms with van der Waals surface area (Å²) in [5, 5.41) is 101. The lowest BCUT2D eigenvalue weighted by molar-refractivity contribution is -0.278. The molecular weight excluding hydrogens is 600 g/mol. The van der Waals surface area contributed by atoms with Gasteiger partial charge < -0.3 is 65.3 Å². The van der Waals surface area contributed by atoms with Gasteiger partial charge in [-0.05, 0) is 23.8 Å². The van der Waals surface area contributed by atoms with Crippen LogP contribution in [0.15, 0.2) is 59.0 Å². The van der Waals surface area contributed by atoms with Crippen molar-refractivity contribution in [2.75, 3.05) is 6.61 Å².